The second-order valence-corrected chi connectivity index (χ2v) is 5.04. The van der Waals surface area contributed by atoms with Crippen molar-refractivity contribution in [1.29, 1.82) is 0 Å². The predicted molar refractivity (Wildman–Crippen MR) is 65.2 cm³/mol. The molecule has 0 aliphatic rings. The number of thiophene rings is 1. The van der Waals surface area contributed by atoms with Gasteiger partial charge in [0.1, 0.15) is 9.52 Å². The zero-order chi connectivity index (χ0) is 9.64. The van der Waals surface area contributed by atoms with Crippen molar-refractivity contribution in [2.24, 2.45) is 0 Å². The molecule has 2 aromatic rings. The molecule has 0 bridgehead atoms. The van der Waals surface area contributed by atoms with E-state index in [1.807, 2.05) is 0 Å². The number of hydrogen-bond donors (Lipinski definition) is 0. The molecule has 2 heteroatoms. The highest BCUT2D eigenvalue weighted by Gasteiger charge is 1.89. The lowest BCUT2D eigenvalue weighted by molar-refractivity contribution is 1.77. The van der Waals surface area contributed by atoms with Gasteiger partial charge in [0.15, 0.2) is 0 Å². The van der Waals surface area contributed by atoms with Gasteiger partial charge in [-0.05, 0) is 11.4 Å². The molecule has 0 fully saturated rings. The van der Waals surface area contributed by atoms with Gasteiger partial charge in [0.25, 0.3) is 0 Å². The Morgan fingerprint density at radius 2 is 1.86 bits per heavy atom. The van der Waals surface area contributed by atoms with Gasteiger partial charge in [0.05, 0.1) is 0 Å². The largest absolute Gasteiger partial charge is 0.145 e. The highest BCUT2D eigenvalue weighted by atomic mass is 32.1. The summed E-state index contributed by atoms with van der Waals surface area (Å²) in [5.74, 6) is 0. The first kappa shape index (κ1) is 9.43. The molecule has 68 valence electrons. The van der Waals surface area contributed by atoms with Gasteiger partial charge in [-0.15, -0.1) is 11.3 Å². The number of rotatable bonds is 3. The summed E-state index contributed by atoms with van der Waals surface area (Å²) < 4.78 is 0. The van der Waals surface area contributed by atoms with Crippen molar-refractivity contribution in [3.63, 3.8) is 0 Å². The lowest BCUT2D eigenvalue weighted by atomic mass is 10.4. The summed E-state index contributed by atoms with van der Waals surface area (Å²) in [6.45, 7) is 0. The molecule has 0 atom stereocenters. The first-order valence-electron chi connectivity index (χ1n) is 4.47. The maximum absolute atomic E-state index is 2.24. The molecule has 0 unspecified atom stereocenters. The van der Waals surface area contributed by atoms with E-state index >= 15 is 0 Å². The zero-order valence-corrected chi connectivity index (χ0v) is 9.50. The minimum Gasteiger partial charge on any atom is -0.145 e. The SMILES string of the molecule is C(=C/c1cccs1)/[Si]c1ccccc1. The molecular weight excluding hydrogens is 204 g/mol. The van der Waals surface area contributed by atoms with Crippen molar-refractivity contribution in [3.8, 4) is 0 Å². The topological polar surface area (TPSA) is 0 Å². The molecule has 1 heterocycles. The van der Waals surface area contributed by atoms with E-state index in [1.54, 1.807) is 11.3 Å². The van der Waals surface area contributed by atoms with Gasteiger partial charge in [-0.3, -0.25) is 0 Å². The third-order valence-electron chi connectivity index (χ3n) is 1.81. The number of hydrogen-bond acceptors (Lipinski definition) is 1. The van der Waals surface area contributed by atoms with Crippen LogP contribution in [0.4, 0.5) is 0 Å². The van der Waals surface area contributed by atoms with Crippen LogP contribution in [-0.2, 0) is 0 Å². The third-order valence-corrected chi connectivity index (χ3v) is 3.65. The average molecular weight is 214 g/mol. The summed E-state index contributed by atoms with van der Waals surface area (Å²) in [5, 5.41) is 3.49. The van der Waals surface area contributed by atoms with Crippen molar-refractivity contribution < 1.29 is 0 Å². The van der Waals surface area contributed by atoms with Crippen LogP contribution < -0.4 is 5.19 Å². The maximum Gasteiger partial charge on any atom is 0.111 e. The van der Waals surface area contributed by atoms with Crippen LogP contribution in [0.2, 0.25) is 0 Å². The fourth-order valence-corrected chi connectivity index (χ4v) is 2.72. The van der Waals surface area contributed by atoms with Gasteiger partial charge >= 0.3 is 0 Å². The van der Waals surface area contributed by atoms with E-state index in [9.17, 15) is 0 Å². The van der Waals surface area contributed by atoms with Crippen molar-refractivity contribution in [2.75, 3.05) is 0 Å². The van der Waals surface area contributed by atoms with E-state index in [-0.39, 0.29) is 0 Å². The Labute approximate surface area is 90.7 Å². The Hall–Kier alpha value is -1.12. The zero-order valence-electron chi connectivity index (χ0n) is 7.68. The van der Waals surface area contributed by atoms with Crippen LogP contribution in [0.15, 0.2) is 53.5 Å². The van der Waals surface area contributed by atoms with E-state index in [0.29, 0.717) is 0 Å². The first-order valence-corrected chi connectivity index (χ1v) is 6.42. The van der Waals surface area contributed by atoms with E-state index in [1.165, 1.54) is 10.1 Å². The monoisotopic (exact) mass is 214 g/mol. The molecule has 0 amide bonds. The standard InChI is InChI=1S/C12H10SSi/c1-2-6-12(7-3-1)14-10-8-11-5-4-9-13-11/h1-10H/b10-8-. The molecule has 0 aliphatic heterocycles. The highest BCUT2D eigenvalue weighted by molar-refractivity contribution is 7.10. The van der Waals surface area contributed by atoms with Crippen LogP contribution >= 0.6 is 11.3 Å². The van der Waals surface area contributed by atoms with Crippen LogP contribution in [0.1, 0.15) is 4.88 Å². The lowest BCUT2D eigenvalue weighted by Gasteiger charge is -1.91. The third kappa shape index (κ3) is 2.69. The minimum absolute atomic E-state index is 0.769. The average Bonchev–Trinajstić information content (AvgIpc) is 2.72. The Morgan fingerprint density at radius 3 is 2.57 bits per heavy atom. The molecule has 0 spiro atoms. The Bertz CT molecular complexity index is 390. The summed E-state index contributed by atoms with van der Waals surface area (Å²) in [6.07, 6.45) is 2.19. The van der Waals surface area contributed by atoms with Crippen molar-refractivity contribution in [3.05, 3.63) is 58.4 Å². The van der Waals surface area contributed by atoms with Crippen molar-refractivity contribution >= 4 is 32.1 Å². The normalized spacial score (nSPS) is 10.9. The van der Waals surface area contributed by atoms with Crippen LogP contribution in [0.25, 0.3) is 6.08 Å². The molecule has 1 aromatic carbocycles. The second-order valence-electron chi connectivity index (χ2n) is 2.86. The Balaban J connectivity index is 1.95. The maximum atomic E-state index is 2.24. The van der Waals surface area contributed by atoms with Crippen molar-refractivity contribution in [1.82, 2.24) is 0 Å². The van der Waals surface area contributed by atoms with E-state index in [4.69, 9.17) is 0 Å². The molecule has 0 aliphatic carbocycles. The van der Waals surface area contributed by atoms with Crippen molar-refractivity contribution in [2.45, 2.75) is 0 Å². The van der Waals surface area contributed by atoms with Crippen LogP contribution in [-0.4, -0.2) is 9.52 Å². The first-order chi connectivity index (χ1) is 6.95. The highest BCUT2D eigenvalue weighted by Crippen LogP contribution is 2.09. The second kappa shape index (κ2) is 4.93. The predicted octanol–water partition coefficient (Wildman–Crippen LogP) is 2.75. The summed E-state index contributed by atoms with van der Waals surface area (Å²) in [4.78, 5) is 1.33. The summed E-state index contributed by atoms with van der Waals surface area (Å²) in [7, 11) is 0.769. The van der Waals surface area contributed by atoms with E-state index in [0.717, 1.165) is 9.52 Å². The van der Waals surface area contributed by atoms with Gasteiger partial charge < -0.3 is 0 Å². The molecule has 0 N–H and O–H groups in total. The fourth-order valence-electron chi connectivity index (χ4n) is 1.14. The Kier molecular flexibility index (Phi) is 3.32. The minimum atomic E-state index is 0.769. The molecule has 2 rings (SSSR count). The smallest absolute Gasteiger partial charge is 0.111 e. The molecule has 0 nitrogen and oxygen atoms in total. The van der Waals surface area contributed by atoms with Gasteiger partial charge in [-0.1, -0.05) is 53.4 Å². The van der Waals surface area contributed by atoms with Crippen LogP contribution in [0.3, 0.4) is 0 Å². The van der Waals surface area contributed by atoms with E-state index in [2.05, 4.69) is 59.6 Å². The molecule has 0 saturated heterocycles. The molecular formula is C12H10SSi. The van der Waals surface area contributed by atoms with E-state index < -0.39 is 0 Å². The quantitative estimate of drug-likeness (QED) is 0.689. The fraction of sp³-hybridized carbons (Fsp3) is 0. The molecule has 14 heavy (non-hydrogen) atoms. The Morgan fingerprint density at radius 1 is 1.00 bits per heavy atom. The molecule has 2 radical (unpaired) electrons. The van der Waals surface area contributed by atoms with Gasteiger partial charge in [-0.2, -0.15) is 0 Å². The van der Waals surface area contributed by atoms with Crippen LogP contribution in [0, 0.1) is 0 Å². The molecule has 0 saturated carbocycles. The van der Waals surface area contributed by atoms with Gasteiger partial charge in [-0.25, -0.2) is 0 Å². The summed E-state index contributed by atoms with van der Waals surface area (Å²) in [5.41, 5.74) is 2.24. The lowest BCUT2D eigenvalue weighted by Crippen LogP contribution is -2.09. The van der Waals surface area contributed by atoms with Gasteiger partial charge in [0.2, 0.25) is 0 Å². The number of benzene rings is 1. The summed E-state index contributed by atoms with van der Waals surface area (Å²) >= 11 is 1.78. The summed E-state index contributed by atoms with van der Waals surface area (Å²) in [6, 6.07) is 14.8. The van der Waals surface area contributed by atoms with Crippen LogP contribution in [0.5, 0.6) is 0 Å². The molecule has 1 aromatic heterocycles. The van der Waals surface area contributed by atoms with Gasteiger partial charge in [0, 0.05) is 4.88 Å².